The van der Waals surface area contributed by atoms with Crippen molar-refractivity contribution in [2.45, 2.75) is 18.6 Å². The fourth-order valence-corrected chi connectivity index (χ4v) is 5.08. The zero-order valence-electron chi connectivity index (χ0n) is 19.0. The SMILES string of the molecule is COc1ccc(NC(=O)C2[C@H]3C=C[C@@]4(CN(c5ccc(NC(C)=O)cc5)C(=O)[C@@H]24)O3)cc1OC. The van der Waals surface area contributed by atoms with Gasteiger partial charge in [0.15, 0.2) is 11.5 Å². The third kappa shape index (κ3) is 3.49. The van der Waals surface area contributed by atoms with E-state index in [9.17, 15) is 14.4 Å². The van der Waals surface area contributed by atoms with Gasteiger partial charge in [0, 0.05) is 30.1 Å². The summed E-state index contributed by atoms with van der Waals surface area (Å²) in [7, 11) is 3.07. The van der Waals surface area contributed by atoms with Crippen LogP contribution in [-0.4, -0.2) is 50.2 Å². The molecule has 3 aliphatic rings. The van der Waals surface area contributed by atoms with Crippen molar-refractivity contribution in [3.63, 3.8) is 0 Å². The molecule has 4 atom stereocenters. The molecule has 9 nitrogen and oxygen atoms in total. The van der Waals surface area contributed by atoms with Gasteiger partial charge in [-0.3, -0.25) is 14.4 Å². The van der Waals surface area contributed by atoms with E-state index in [-0.39, 0.29) is 17.7 Å². The molecule has 2 bridgehead atoms. The third-order valence-corrected chi connectivity index (χ3v) is 6.55. The van der Waals surface area contributed by atoms with Crippen LogP contribution in [0.25, 0.3) is 0 Å². The van der Waals surface area contributed by atoms with Crippen LogP contribution in [0.4, 0.5) is 17.1 Å². The Kier molecular flexibility index (Phi) is 5.28. The smallest absolute Gasteiger partial charge is 0.234 e. The predicted octanol–water partition coefficient (Wildman–Crippen LogP) is 2.59. The monoisotopic (exact) mass is 463 g/mol. The molecule has 3 amide bonds. The molecule has 2 fully saturated rings. The molecule has 0 aliphatic carbocycles. The molecule has 5 rings (SSSR count). The second kappa shape index (κ2) is 8.18. The fraction of sp³-hybridized carbons (Fsp3) is 0.320. The van der Waals surface area contributed by atoms with Crippen LogP contribution >= 0.6 is 0 Å². The summed E-state index contributed by atoms with van der Waals surface area (Å²) >= 11 is 0. The quantitative estimate of drug-likeness (QED) is 0.638. The molecule has 2 aromatic carbocycles. The van der Waals surface area contributed by atoms with Crippen molar-refractivity contribution >= 4 is 34.8 Å². The van der Waals surface area contributed by atoms with Crippen molar-refractivity contribution in [1.29, 1.82) is 0 Å². The molecular weight excluding hydrogens is 438 g/mol. The molecule has 0 radical (unpaired) electrons. The highest BCUT2D eigenvalue weighted by molar-refractivity contribution is 6.05. The Bertz CT molecular complexity index is 1190. The van der Waals surface area contributed by atoms with Crippen molar-refractivity contribution in [2.75, 3.05) is 36.3 Å². The number of fused-ring (bicyclic) bond motifs is 1. The van der Waals surface area contributed by atoms with Crippen LogP contribution < -0.4 is 25.0 Å². The van der Waals surface area contributed by atoms with Crippen LogP contribution in [0.5, 0.6) is 11.5 Å². The minimum Gasteiger partial charge on any atom is -0.493 e. The van der Waals surface area contributed by atoms with Gasteiger partial charge in [-0.2, -0.15) is 0 Å². The van der Waals surface area contributed by atoms with Crippen LogP contribution in [-0.2, 0) is 19.1 Å². The van der Waals surface area contributed by atoms with Crippen LogP contribution in [0, 0.1) is 11.8 Å². The van der Waals surface area contributed by atoms with Crippen LogP contribution in [0.3, 0.4) is 0 Å². The number of carbonyl (C=O) groups excluding carboxylic acids is 3. The van der Waals surface area contributed by atoms with Gasteiger partial charge >= 0.3 is 0 Å². The molecule has 34 heavy (non-hydrogen) atoms. The number of hydrogen-bond donors (Lipinski definition) is 2. The van der Waals surface area contributed by atoms with E-state index in [0.29, 0.717) is 35.1 Å². The second-order valence-corrected chi connectivity index (χ2v) is 8.61. The summed E-state index contributed by atoms with van der Waals surface area (Å²) in [6.07, 6.45) is 3.32. The number of nitrogens with zero attached hydrogens (tertiary/aromatic N) is 1. The Morgan fingerprint density at radius 3 is 2.41 bits per heavy atom. The van der Waals surface area contributed by atoms with Gasteiger partial charge < -0.3 is 29.7 Å². The second-order valence-electron chi connectivity index (χ2n) is 8.61. The number of rotatable bonds is 6. The van der Waals surface area contributed by atoms with Crippen molar-refractivity contribution in [3.8, 4) is 11.5 Å². The number of amides is 3. The summed E-state index contributed by atoms with van der Waals surface area (Å²) in [4.78, 5) is 39.8. The van der Waals surface area contributed by atoms with Crippen molar-refractivity contribution in [2.24, 2.45) is 11.8 Å². The Morgan fingerprint density at radius 2 is 1.74 bits per heavy atom. The minimum atomic E-state index is -0.836. The van der Waals surface area contributed by atoms with E-state index in [1.54, 1.807) is 54.5 Å². The average molecular weight is 463 g/mol. The highest BCUT2D eigenvalue weighted by Gasteiger charge is 2.67. The lowest BCUT2D eigenvalue weighted by Crippen LogP contribution is -2.41. The molecule has 1 spiro atoms. The molecule has 2 N–H and O–H groups in total. The van der Waals surface area contributed by atoms with Crippen LogP contribution in [0.15, 0.2) is 54.6 Å². The first-order valence-electron chi connectivity index (χ1n) is 10.9. The first kappa shape index (κ1) is 22.0. The lowest BCUT2D eigenvalue weighted by Gasteiger charge is -2.23. The number of methoxy groups -OCH3 is 2. The van der Waals surface area contributed by atoms with Crippen LogP contribution in [0.1, 0.15) is 6.92 Å². The maximum absolute atomic E-state index is 13.5. The van der Waals surface area contributed by atoms with E-state index in [1.807, 2.05) is 12.2 Å². The van der Waals surface area contributed by atoms with E-state index in [0.717, 1.165) is 0 Å². The lowest BCUT2D eigenvalue weighted by atomic mass is 9.77. The van der Waals surface area contributed by atoms with Gasteiger partial charge in [-0.05, 0) is 36.4 Å². The summed E-state index contributed by atoms with van der Waals surface area (Å²) in [5.41, 5.74) is 1.03. The number of ether oxygens (including phenoxy) is 3. The molecule has 3 aliphatic heterocycles. The van der Waals surface area contributed by atoms with Gasteiger partial charge in [0.05, 0.1) is 38.7 Å². The van der Waals surface area contributed by atoms with Gasteiger partial charge in [0.2, 0.25) is 17.7 Å². The predicted molar refractivity (Wildman–Crippen MR) is 125 cm³/mol. The largest absolute Gasteiger partial charge is 0.493 e. The summed E-state index contributed by atoms with van der Waals surface area (Å²) in [6.45, 7) is 1.76. The van der Waals surface area contributed by atoms with Gasteiger partial charge in [-0.25, -0.2) is 0 Å². The summed E-state index contributed by atoms with van der Waals surface area (Å²) in [6, 6.07) is 12.1. The number of benzene rings is 2. The van der Waals surface area contributed by atoms with E-state index in [1.165, 1.54) is 14.0 Å². The minimum absolute atomic E-state index is 0.161. The Labute approximate surface area is 196 Å². The highest BCUT2D eigenvalue weighted by Crippen LogP contribution is 2.53. The standard InChI is InChI=1S/C25H25N3O6/c1-14(29)26-15-4-7-17(8-5-15)28-13-25-11-10-19(34-25)21(22(25)24(28)31)23(30)27-16-6-9-18(32-2)20(12-16)33-3/h4-12,19,21-22H,13H2,1-3H3,(H,26,29)(H,27,30)/t19-,21?,22-,25+/m1/s1. The Hall–Kier alpha value is -3.85. The van der Waals surface area contributed by atoms with Crippen molar-refractivity contribution in [3.05, 3.63) is 54.6 Å². The van der Waals surface area contributed by atoms with E-state index >= 15 is 0 Å². The van der Waals surface area contributed by atoms with Crippen molar-refractivity contribution in [1.82, 2.24) is 0 Å². The fourth-order valence-electron chi connectivity index (χ4n) is 5.08. The lowest BCUT2D eigenvalue weighted by molar-refractivity contribution is -0.128. The maximum atomic E-state index is 13.5. The molecular formula is C25H25N3O6. The van der Waals surface area contributed by atoms with Gasteiger partial charge in [0.1, 0.15) is 5.60 Å². The van der Waals surface area contributed by atoms with Gasteiger partial charge in [-0.15, -0.1) is 0 Å². The molecule has 176 valence electrons. The first-order valence-corrected chi connectivity index (χ1v) is 10.9. The van der Waals surface area contributed by atoms with Crippen molar-refractivity contribution < 1.29 is 28.6 Å². The molecule has 3 heterocycles. The highest BCUT2D eigenvalue weighted by atomic mass is 16.5. The normalized spacial score (nSPS) is 26.4. The molecule has 9 heteroatoms. The molecule has 1 unspecified atom stereocenters. The first-order chi connectivity index (χ1) is 16.3. The molecule has 2 aromatic rings. The Balaban J connectivity index is 1.37. The van der Waals surface area contributed by atoms with Gasteiger partial charge in [0.25, 0.3) is 0 Å². The van der Waals surface area contributed by atoms with E-state index < -0.39 is 23.5 Å². The number of nitrogens with one attached hydrogen (secondary N) is 2. The third-order valence-electron chi connectivity index (χ3n) is 6.55. The summed E-state index contributed by atoms with van der Waals surface area (Å²) in [5.74, 6) is -0.857. The number of hydrogen-bond acceptors (Lipinski definition) is 6. The van der Waals surface area contributed by atoms with E-state index in [4.69, 9.17) is 14.2 Å². The maximum Gasteiger partial charge on any atom is 0.234 e. The summed E-state index contributed by atoms with van der Waals surface area (Å²) < 4.78 is 16.8. The number of carbonyl (C=O) groups is 3. The van der Waals surface area contributed by atoms with E-state index in [2.05, 4.69) is 10.6 Å². The molecule has 2 saturated heterocycles. The summed E-state index contributed by atoms with van der Waals surface area (Å²) in [5, 5.41) is 5.62. The molecule has 0 aromatic heterocycles. The number of anilines is 3. The van der Waals surface area contributed by atoms with Gasteiger partial charge in [-0.1, -0.05) is 12.2 Å². The zero-order chi connectivity index (χ0) is 24.0. The topological polar surface area (TPSA) is 106 Å². The van der Waals surface area contributed by atoms with Crippen LogP contribution in [0.2, 0.25) is 0 Å². The molecule has 0 saturated carbocycles. The zero-order valence-corrected chi connectivity index (χ0v) is 19.0. The average Bonchev–Trinajstić information content (AvgIpc) is 3.47. The Morgan fingerprint density at radius 1 is 1.03 bits per heavy atom.